The van der Waals surface area contributed by atoms with Gasteiger partial charge in [0.2, 0.25) is 0 Å². The number of ether oxygens (including phenoxy) is 1. The van der Waals surface area contributed by atoms with Crippen molar-refractivity contribution in [3.63, 3.8) is 0 Å². The monoisotopic (exact) mass is 225 g/mol. The molecule has 0 aromatic carbocycles. The van der Waals surface area contributed by atoms with Crippen molar-refractivity contribution in [3.8, 4) is 11.8 Å². The van der Waals surface area contributed by atoms with Gasteiger partial charge in [0, 0.05) is 19.6 Å². The summed E-state index contributed by atoms with van der Waals surface area (Å²) in [5.74, 6) is 6.08. The Balaban J connectivity index is 4.11. The third-order valence-electron chi connectivity index (χ3n) is 2.77. The zero-order valence-electron chi connectivity index (χ0n) is 11.5. The quantitative estimate of drug-likeness (QED) is 0.641. The van der Waals surface area contributed by atoms with E-state index in [9.17, 15) is 0 Å². The molecule has 0 amide bonds. The average Bonchev–Trinajstić information content (AvgIpc) is 2.25. The number of hydrogen-bond acceptors (Lipinski definition) is 2. The lowest BCUT2D eigenvalue weighted by atomic mass is 9.95. The maximum absolute atomic E-state index is 5.48. The Morgan fingerprint density at radius 3 is 2.56 bits per heavy atom. The largest absolute Gasteiger partial charge is 0.379 e. The molecule has 0 rings (SSSR count). The maximum atomic E-state index is 5.48. The first-order valence-corrected chi connectivity index (χ1v) is 6.24. The fraction of sp³-hybridized carbons (Fsp3) is 0.857. The van der Waals surface area contributed by atoms with E-state index in [-0.39, 0.29) is 5.60 Å². The normalized spacial score (nSPS) is 13.1. The fourth-order valence-corrected chi connectivity index (χ4v) is 1.67. The summed E-state index contributed by atoms with van der Waals surface area (Å²) >= 11 is 0. The Labute approximate surface area is 101 Å². The van der Waals surface area contributed by atoms with Gasteiger partial charge in [-0.2, -0.15) is 0 Å². The average molecular weight is 225 g/mol. The topological polar surface area (TPSA) is 21.3 Å². The molecule has 94 valence electrons. The maximum Gasteiger partial charge on any atom is 0.0637 e. The highest BCUT2D eigenvalue weighted by atomic mass is 16.5. The van der Waals surface area contributed by atoms with Crippen LogP contribution in [-0.2, 0) is 4.74 Å². The lowest BCUT2D eigenvalue weighted by molar-refractivity contribution is 0.00653. The molecule has 0 saturated carbocycles. The lowest BCUT2D eigenvalue weighted by Gasteiger charge is -2.29. The SMILES string of the molecule is CC#CCCC(CC(C)(C)OC)NCCC. The Kier molecular flexibility index (Phi) is 8.33. The van der Waals surface area contributed by atoms with Crippen molar-refractivity contribution in [2.24, 2.45) is 0 Å². The summed E-state index contributed by atoms with van der Waals surface area (Å²) in [6.07, 6.45) is 4.28. The summed E-state index contributed by atoms with van der Waals surface area (Å²) in [7, 11) is 1.78. The molecule has 2 heteroatoms. The van der Waals surface area contributed by atoms with Crippen molar-refractivity contribution < 1.29 is 4.74 Å². The van der Waals surface area contributed by atoms with Gasteiger partial charge in [-0.1, -0.05) is 6.92 Å². The highest BCUT2D eigenvalue weighted by Crippen LogP contribution is 2.18. The summed E-state index contributed by atoms with van der Waals surface area (Å²) < 4.78 is 5.48. The van der Waals surface area contributed by atoms with Crippen LogP contribution < -0.4 is 5.32 Å². The molecule has 1 N–H and O–H groups in total. The molecule has 0 fully saturated rings. The van der Waals surface area contributed by atoms with E-state index in [2.05, 4.69) is 37.9 Å². The third-order valence-corrected chi connectivity index (χ3v) is 2.77. The molecule has 0 radical (unpaired) electrons. The fourth-order valence-electron chi connectivity index (χ4n) is 1.67. The van der Waals surface area contributed by atoms with Gasteiger partial charge in [-0.25, -0.2) is 0 Å². The van der Waals surface area contributed by atoms with E-state index in [0.717, 1.165) is 25.8 Å². The highest BCUT2D eigenvalue weighted by Gasteiger charge is 2.21. The molecule has 2 nitrogen and oxygen atoms in total. The number of rotatable bonds is 8. The molecular formula is C14H27NO. The van der Waals surface area contributed by atoms with Crippen LogP contribution in [0.25, 0.3) is 0 Å². The Morgan fingerprint density at radius 2 is 2.06 bits per heavy atom. The first kappa shape index (κ1) is 15.5. The number of nitrogens with one attached hydrogen (secondary N) is 1. The molecular weight excluding hydrogens is 198 g/mol. The molecule has 0 aliphatic rings. The summed E-state index contributed by atoms with van der Waals surface area (Å²) in [6.45, 7) is 9.44. The zero-order chi connectivity index (χ0) is 12.4. The minimum Gasteiger partial charge on any atom is -0.379 e. The van der Waals surface area contributed by atoms with Crippen LogP contribution >= 0.6 is 0 Å². The van der Waals surface area contributed by atoms with E-state index in [1.165, 1.54) is 6.42 Å². The van der Waals surface area contributed by atoms with Gasteiger partial charge >= 0.3 is 0 Å². The Bertz CT molecular complexity index is 225. The van der Waals surface area contributed by atoms with Crippen LogP contribution in [-0.4, -0.2) is 25.3 Å². The van der Waals surface area contributed by atoms with Crippen LogP contribution in [0.1, 0.15) is 53.4 Å². The second kappa shape index (κ2) is 8.61. The van der Waals surface area contributed by atoms with Crippen molar-refractivity contribution in [1.29, 1.82) is 0 Å². The van der Waals surface area contributed by atoms with E-state index in [1.54, 1.807) is 7.11 Å². The van der Waals surface area contributed by atoms with Crippen LogP contribution in [0.15, 0.2) is 0 Å². The van der Waals surface area contributed by atoms with Gasteiger partial charge in [0.1, 0.15) is 0 Å². The van der Waals surface area contributed by atoms with E-state index in [4.69, 9.17) is 4.74 Å². The Morgan fingerprint density at radius 1 is 1.38 bits per heavy atom. The van der Waals surface area contributed by atoms with E-state index in [1.807, 2.05) is 6.92 Å². The minimum atomic E-state index is -0.0505. The molecule has 16 heavy (non-hydrogen) atoms. The van der Waals surface area contributed by atoms with Crippen molar-refractivity contribution in [1.82, 2.24) is 5.32 Å². The predicted molar refractivity (Wildman–Crippen MR) is 70.5 cm³/mol. The first-order valence-electron chi connectivity index (χ1n) is 6.24. The molecule has 0 aliphatic heterocycles. The summed E-state index contributed by atoms with van der Waals surface area (Å²) in [6, 6.07) is 0.510. The second-order valence-corrected chi connectivity index (χ2v) is 4.78. The number of hydrogen-bond donors (Lipinski definition) is 1. The van der Waals surface area contributed by atoms with Crippen LogP contribution in [0.2, 0.25) is 0 Å². The van der Waals surface area contributed by atoms with Gasteiger partial charge in [0.05, 0.1) is 5.60 Å². The molecule has 0 spiro atoms. The van der Waals surface area contributed by atoms with Crippen molar-refractivity contribution in [2.75, 3.05) is 13.7 Å². The molecule has 0 saturated heterocycles. The van der Waals surface area contributed by atoms with Gasteiger partial charge in [-0.3, -0.25) is 0 Å². The molecule has 0 heterocycles. The van der Waals surface area contributed by atoms with Gasteiger partial charge in [-0.05, 0) is 46.6 Å². The first-order chi connectivity index (χ1) is 7.55. The van der Waals surface area contributed by atoms with Crippen LogP contribution in [0.5, 0.6) is 0 Å². The zero-order valence-corrected chi connectivity index (χ0v) is 11.5. The van der Waals surface area contributed by atoms with Crippen LogP contribution in [0.4, 0.5) is 0 Å². The lowest BCUT2D eigenvalue weighted by Crippen LogP contribution is -2.38. The summed E-state index contributed by atoms with van der Waals surface area (Å²) in [5.41, 5.74) is -0.0505. The third kappa shape index (κ3) is 7.73. The Hall–Kier alpha value is -0.520. The van der Waals surface area contributed by atoms with Crippen LogP contribution in [0, 0.1) is 11.8 Å². The summed E-state index contributed by atoms with van der Waals surface area (Å²) in [5, 5.41) is 3.57. The van der Waals surface area contributed by atoms with E-state index >= 15 is 0 Å². The van der Waals surface area contributed by atoms with Crippen LogP contribution in [0.3, 0.4) is 0 Å². The van der Waals surface area contributed by atoms with Crippen molar-refractivity contribution >= 4 is 0 Å². The summed E-state index contributed by atoms with van der Waals surface area (Å²) in [4.78, 5) is 0. The van der Waals surface area contributed by atoms with Gasteiger partial charge in [0.15, 0.2) is 0 Å². The van der Waals surface area contributed by atoms with Gasteiger partial charge < -0.3 is 10.1 Å². The molecule has 1 unspecified atom stereocenters. The standard InChI is InChI=1S/C14H27NO/c1-6-8-9-10-13(15-11-7-2)12-14(3,4)16-5/h13,15H,7,9-12H2,1-5H3. The van der Waals surface area contributed by atoms with Crippen molar-refractivity contribution in [3.05, 3.63) is 0 Å². The molecule has 0 aromatic rings. The molecule has 0 aliphatic carbocycles. The molecule has 1 atom stereocenters. The number of methoxy groups -OCH3 is 1. The predicted octanol–water partition coefficient (Wildman–Crippen LogP) is 2.97. The minimum absolute atomic E-state index is 0.0505. The highest BCUT2D eigenvalue weighted by molar-refractivity contribution is 4.96. The van der Waals surface area contributed by atoms with Crippen molar-refractivity contribution in [2.45, 2.75) is 65.0 Å². The van der Waals surface area contributed by atoms with E-state index in [0.29, 0.717) is 6.04 Å². The molecule has 0 bridgehead atoms. The van der Waals surface area contributed by atoms with Gasteiger partial charge in [0.25, 0.3) is 0 Å². The van der Waals surface area contributed by atoms with E-state index < -0.39 is 0 Å². The second-order valence-electron chi connectivity index (χ2n) is 4.78. The smallest absolute Gasteiger partial charge is 0.0637 e. The molecule has 0 aromatic heterocycles. The van der Waals surface area contributed by atoms with Gasteiger partial charge in [-0.15, -0.1) is 11.8 Å².